The normalized spacial score (nSPS) is 13.8. The van der Waals surface area contributed by atoms with Crippen LogP contribution in [0.3, 0.4) is 0 Å². The molecule has 1 rings (SSSR count). The van der Waals surface area contributed by atoms with E-state index in [1.54, 1.807) is 19.1 Å². The molecule has 1 N–H and O–H groups in total. The van der Waals surface area contributed by atoms with Crippen LogP contribution in [0.5, 0.6) is 0 Å². The molecule has 0 aliphatic carbocycles. The summed E-state index contributed by atoms with van der Waals surface area (Å²) in [5.74, 6) is 0.452. The van der Waals surface area contributed by atoms with Crippen molar-refractivity contribution in [3.8, 4) is 0 Å². The lowest BCUT2D eigenvalue weighted by molar-refractivity contribution is 0.544. The number of aryl methyl sites for hydroxylation is 2. The molecule has 0 fully saturated rings. The van der Waals surface area contributed by atoms with Crippen molar-refractivity contribution in [1.29, 1.82) is 0 Å². The Bertz CT molecular complexity index is 526. The third-order valence-corrected chi connectivity index (χ3v) is 4.76. The predicted octanol–water partition coefficient (Wildman–Crippen LogP) is 3.24. The Morgan fingerprint density at radius 1 is 1.26 bits per heavy atom. The lowest BCUT2D eigenvalue weighted by Gasteiger charge is -2.14. The summed E-state index contributed by atoms with van der Waals surface area (Å²) >= 11 is 6.11. The summed E-state index contributed by atoms with van der Waals surface area (Å²) in [6.07, 6.45) is 0.789. The molecule has 0 amide bonds. The molecule has 0 aliphatic rings. The summed E-state index contributed by atoms with van der Waals surface area (Å²) in [4.78, 5) is 0.325. The van der Waals surface area contributed by atoms with Gasteiger partial charge in [0.2, 0.25) is 10.0 Å². The van der Waals surface area contributed by atoms with Crippen molar-refractivity contribution in [3.63, 3.8) is 0 Å². The van der Waals surface area contributed by atoms with E-state index in [1.165, 1.54) is 0 Å². The van der Waals surface area contributed by atoms with Crippen LogP contribution in [0.2, 0.25) is 0 Å². The number of nitrogens with one attached hydrogen (secondary N) is 1. The van der Waals surface area contributed by atoms with Gasteiger partial charge in [0, 0.05) is 11.9 Å². The minimum Gasteiger partial charge on any atom is -0.210 e. The minimum absolute atomic E-state index is 0.180. The fourth-order valence-electron chi connectivity index (χ4n) is 1.97. The van der Waals surface area contributed by atoms with Gasteiger partial charge in [0.25, 0.3) is 0 Å². The quantitative estimate of drug-likeness (QED) is 0.820. The largest absolute Gasteiger partial charge is 0.240 e. The van der Waals surface area contributed by atoms with Gasteiger partial charge >= 0.3 is 0 Å². The molecule has 0 saturated heterocycles. The maximum Gasteiger partial charge on any atom is 0.240 e. The van der Waals surface area contributed by atoms with Crippen molar-refractivity contribution >= 4 is 21.6 Å². The summed E-state index contributed by atoms with van der Waals surface area (Å²) in [5, 5.41) is -0.180. The first kappa shape index (κ1) is 16.5. The molecule has 1 aromatic carbocycles. The van der Waals surface area contributed by atoms with Gasteiger partial charge in [0.1, 0.15) is 0 Å². The van der Waals surface area contributed by atoms with E-state index in [1.807, 2.05) is 13.0 Å². The number of halogens is 1. The van der Waals surface area contributed by atoms with Crippen LogP contribution < -0.4 is 4.72 Å². The Morgan fingerprint density at radius 2 is 1.89 bits per heavy atom. The average molecular weight is 304 g/mol. The Kier molecular flexibility index (Phi) is 5.83. The van der Waals surface area contributed by atoms with Crippen molar-refractivity contribution in [2.75, 3.05) is 6.54 Å². The highest BCUT2D eigenvalue weighted by molar-refractivity contribution is 7.89. The zero-order valence-corrected chi connectivity index (χ0v) is 13.5. The van der Waals surface area contributed by atoms with Gasteiger partial charge in [-0.25, -0.2) is 13.1 Å². The van der Waals surface area contributed by atoms with Gasteiger partial charge < -0.3 is 0 Å². The molecule has 5 heteroatoms. The molecule has 0 aromatic heterocycles. The predicted molar refractivity (Wildman–Crippen MR) is 80.2 cm³/mol. The zero-order valence-electron chi connectivity index (χ0n) is 11.9. The Morgan fingerprint density at radius 3 is 2.42 bits per heavy atom. The number of hydrogen-bond acceptors (Lipinski definition) is 2. The second-order valence-corrected chi connectivity index (χ2v) is 7.70. The molecule has 19 heavy (non-hydrogen) atoms. The Hall–Kier alpha value is -0.580. The Balaban J connectivity index is 2.76. The molecule has 0 bridgehead atoms. The van der Waals surface area contributed by atoms with Crippen molar-refractivity contribution < 1.29 is 8.42 Å². The molecule has 108 valence electrons. The lowest BCUT2D eigenvalue weighted by atomic mass is 10.1. The van der Waals surface area contributed by atoms with Crippen LogP contribution >= 0.6 is 11.6 Å². The van der Waals surface area contributed by atoms with E-state index in [0.29, 0.717) is 10.8 Å². The summed E-state index contributed by atoms with van der Waals surface area (Å²) in [7, 11) is -3.47. The molecule has 3 nitrogen and oxygen atoms in total. The van der Waals surface area contributed by atoms with Crippen LogP contribution in [0.1, 0.15) is 31.4 Å². The fraction of sp³-hybridized carbons (Fsp3) is 0.571. The average Bonchev–Trinajstić information content (AvgIpc) is 2.25. The standard InChI is InChI=1S/C14H22ClNO2S/c1-10(2)7-13(15)9-16-19(17,18)14-6-5-11(3)8-12(14)4/h5-6,8,10,13,16H,7,9H2,1-4H3. The summed E-state index contributed by atoms with van der Waals surface area (Å²) in [6.45, 7) is 8.12. The highest BCUT2D eigenvalue weighted by Crippen LogP contribution is 2.17. The molecule has 0 radical (unpaired) electrons. The number of benzene rings is 1. The molecular formula is C14H22ClNO2S. The van der Waals surface area contributed by atoms with Crippen LogP contribution in [-0.2, 0) is 10.0 Å². The van der Waals surface area contributed by atoms with Crippen molar-refractivity contribution in [2.24, 2.45) is 5.92 Å². The van der Waals surface area contributed by atoms with Crippen molar-refractivity contribution in [3.05, 3.63) is 29.3 Å². The first-order chi connectivity index (χ1) is 8.72. The molecule has 0 spiro atoms. The van der Waals surface area contributed by atoms with E-state index >= 15 is 0 Å². The topological polar surface area (TPSA) is 46.2 Å². The maximum absolute atomic E-state index is 12.2. The molecule has 0 aliphatic heterocycles. The van der Waals surface area contributed by atoms with Crippen molar-refractivity contribution in [2.45, 2.75) is 44.4 Å². The second-order valence-electron chi connectivity index (χ2n) is 5.35. The third-order valence-electron chi connectivity index (χ3n) is 2.84. The van der Waals surface area contributed by atoms with Crippen LogP contribution in [-0.4, -0.2) is 20.3 Å². The van der Waals surface area contributed by atoms with E-state index in [2.05, 4.69) is 18.6 Å². The zero-order chi connectivity index (χ0) is 14.6. The minimum atomic E-state index is -3.47. The Labute approximate surface area is 121 Å². The van der Waals surface area contributed by atoms with E-state index in [4.69, 9.17) is 11.6 Å². The summed E-state index contributed by atoms with van der Waals surface area (Å²) in [5.41, 5.74) is 1.80. The van der Waals surface area contributed by atoms with E-state index in [0.717, 1.165) is 17.5 Å². The number of alkyl halides is 1. The van der Waals surface area contributed by atoms with Gasteiger partial charge in [-0.1, -0.05) is 31.5 Å². The summed E-state index contributed by atoms with van der Waals surface area (Å²) < 4.78 is 27.0. The van der Waals surface area contributed by atoms with Crippen LogP contribution in [0.4, 0.5) is 0 Å². The number of sulfonamides is 1. The number of hydrogen-bond donors (Lipinski definition) is 1. The molecule has 1 atom stereocenters. The van der Waals surface area contributed by atoms with E-state index in [9.17, 15) is 8.42 Å². The highest BCUT2D eigenvalue weighted by Gasteiger charge is 2.18. The van der Waals surface area contributed by atoms with Gasteiger partial charge in [0.05, 0.1) is 4.90 Å². The summed E-state index contributed by atoms with van der Waals surface area (Å²) in [6, 6.07) is 5.30. The van der Waals surface area contributed by atoms with E-state index < -0.39 is 10.0 Å². The molecular weight excluding hydrogens is 282 g/mol. The van der Waals surface area contributed by atoms with Gasteiger partial charge in [-0.05, 0) is 37.8 Å². The van der Waals surface area contributed by atoms with Gasteiger partial charge in [0.15, 0.2) is 0 Å². The fourth-order valence-corrected chi connectivity index (χ4v) is 3.80. The molecule has 1 unspecified atom stereocenters. The smallest absolute Gasteiger partial charge is 0.210 e. The van der Waals surface area contributed by atoms with E-state index in [-0.39, 0.29) is 11.9 Å². The second kappa shape index (κ2) is 6.73. The van der Waals surface area contributed by atoms with Crippen LogP contribution in [0.15, 0.2) is 23.1 Å². The third kappa shape index (κ3) is 5.13. The molecule has 0 heterocycles. The van der Waals surface area contributed by atoms with Gasteiger partial charge in [-0.15, -0.1) is 11.6 Å². The molecule has 1 aromatic rings. The van der Waals surface area contributed by atoms with Gasteiger partial charge in [-0.2, -0.15) is 0 Å². The highest BCUT2D eigenvalue weighted by atomic mass is 35.5. The maximum atomic E-state index is 12.2. The van der Waals surface area contributed by atoms with Crippen molar-refractivity contribution in [1.82, 2.24) is 4.72 Å². The molecule has 0 saturated carbocycles. The first-order valence-electron chi connectivity index (χ1n) is 6.43. The van der Waals surface area contributed by atoms with Gasteiger partial charge in [-0.3, -0.25) is 0 Å². The van der Waals surface area contributed by atoms with Crippen LogP contribution in [0, 0.1) is 19.8 Å². The van der Waals surface area contributed by atoms with Crippen LogP contribution in [0.25, 0.3) is 0 Å². The number of rotatable bonds is 6. The monoisotopic (exact) mass is 303 g/mol. The SMILES string of the molecule is Cc1ccc(S(=O)(=O)NCC(Cl)CC(C)C)c(C)c1. The lowest BCUT2D eigenvalue weighted by Crippen LogP contribution is -2.30. The first-order valence-corrected chi connectivity index (χ1v) is 8.35.